The van der Waals surface area contributed by atoms with Crippen LogP contribution in [0, 0.1) is 13.8 Å². The first-order valence-electron chi connectivity index (χ1n) is 14.5. The van der Waals surface area contributed by atoms with Crippen LogP contribution in [0.1, 0.15) is 49.9 Å². The molecule has 2 aliphatic heterocycles. The van der Waals surface area contributed by atoms with E-state index in [4.69, 9.17) is 23.7 Å². The van der Waals surface area contributed by atoms with Gasteiger partial charge in [-0.1, -0.05) is 12.1 Å². The number of ether oxygens (including phenoxy) is 5. The maximum Gasteiger partial charge on any atom is 0.261 e. The van der Waals surface area contributed by atoms with Crippen molar-refractivity contribution in [3.05, 3.63) is 69.8 Å². The number of hydrogen-bond acceptors (Lipinski definition) is 7. The maximum atomic E-state index is 14.5. The predicted octanol–water partition coefficient (Wildman–Crippen LogP) is 4.95. The van der Waals surface area contributed by atoms with Gasteiger partial charge in [0.25, 0.3) is 11.8 Å². The molecule has 1 unspecified atom stereocenters. The van der Waals surface area contributed by atoms with E-state index < -0.39 is 6.29 Å². The molecule has 0 fully saturated rings. The third-order valence-corrected chi connectivity index (χ3v) is 7.55. The van der Waals surface area contributed by atoms with Crippen molar-refractivity contribution in [1.29, 1.82) is 0 Å². The van der Waals surface area contributed by atoms with Gasteiger partial charge in [0.15, 0.2) is 17.8 Å². The molecule has 0 spiro atoms. The van der Waals surface area contributed by atoms with Gasteiger partial charge in [0.1, 0.15) is 0 Å². The number of hydrogen-bond donors (Lipinski definition) is 0. The highest BCUT2D eigenvalue weighted by Gasteiger charge is 2.49. The molecule has 4 rings (SSSR count). The first kappa shape index (κ1) is 31.3. The molecule has 0 saturated carbocycles. The second-order valence-corrected chi connectivity index (χ2v) is 10.3. The van der Waals surface area contributed by atoms with Gasteiger partial charge in [0.05, 0.1) is 56.0 Å². The van der Waals surface area contributed by atoms with Crippen LogP contribution in [0.5, 0.6) is 11.5 Å². The van der Waals surface area contributed by atoms with Gasteiger partial charge in [-0.25, -0.2) is 0 Å². The molecular formula is C33H42N2O7. The van der Waals surface area contributed by atoms with E-state index in [9.17, 15) is 9.59 Å². The zero-order valence-corrected chi connectivity index (χ0v) is 25.9. The Kier molecular flexibility index (Phi) is 10.1. The van der Waals surface area contributed by atoms with Crippen molar-refractivity contribution in [2.45, 2.75) is 53.9 Å². The summed E-state index contributed by atoms with van der Waals surface area (Å²) >= 11 is 0. The summed E-state index contributed by atoms with van der Waals surface area (Å²) in [5.41, 5.74) is 5.40. The average Bonchev–Trinajstić information content (AvgIpc) is 3.40. The zero-order valence-electron chi connectivity index (χ0n) is 25.9. The van der Waals surface area contributed by atoms with Gasteiger partial charge in [-0.05, 0) is 82.5 Å². The summed E-state index contributed by atoms with van der Waals surface area (Å²) in [5, 5.41) is 0. The third-order valence-electron chi connectivity index (χ3n) is 7.55. The highest BCUT2D eigenvalue weighted by molar-refractivity contribution is 6.30. The Morgan fingerprint density at radius 1 is 0.667 bits per heavy atom. The van der Waals surface area contributed by atoms with E-state index >= 15 is 0 Å². The number of methoxy groups -OCH3 is 2. The highest BCUT2D eigenvalue weighted by Crippen LogP contribution is 2.47. The van der Waals surface area contributed by atoms with Gasteiger partial charge in [-0.3, -0.25) is 9.59 Å². The van der Waals surface area contributed by atoms with Crippen molar-refractivity contribution in [2.75, 3.05) is 47.1 Å². The Morgan fingerprint density at radius 3 is 1.71 bits per heavy atom. The van der Waals surface area contributed by atoms with Crippen molar-refractivity contribution >= 4 is 23.2 Å². The van der Waals surface area contributed by atoms with Gasteiger partial charge >= 0.3 is 0 Å². The molecule has 9 heteroatoms. The lowest BCUT2D eigenvalue weighted by Crippen LogP contribution is -2.38. The number of aryl methyl sites for hydroxylation is 2. The quantitative estimate of drug-likeness (QED) is 0.293. The van der Waals surface area contributed by atoms with Crippen molar-refractivity contribution in [2.24, 2.45) is 0 Å². The third kappa shape index (κ3) is 5.95. The summed E-state index contributed by atoms with van der Waals surface area (Å²) in [6.45, 7) is 13.4. The molecule has 0 bridgehead atoms. The minimum absolute atomic E-state index is 0.137. The number of fused-ring (bicyclic) bond motifs is 1. The number of nitrogens with zero attached hydrogens (tertiary/aromatic N) is 2. The van der Waals surface area contributed by atoms with E-state index in [1.807, 2.05) is 65.8 Å². The van der Waals surface area contributed by atoms with Crippen LogP contribution in [-0.2, 0) is 23.8 Å². The van der Waals surface area contributed by atoms with E-state index in [1.54, 1.807) is 36.2 Å². The molecule has 0 N–H and O–H groups in total. The maximum absolute atomic E-state index is 14.5. The smallest absolute Gasteiger partial charge is 0.261 e. The molecule has 2 aromatic rings. The summed E-state index contributed by atoms with van der Waals surface area (Å²) in [5.74, 6) is 0.505. The van der Waals surface area contributed by atoms with Crippen LogP contribution in [0.2, 0.25) is 0 Å². The monoisotopic (exact) mass is 578 g/mol. The van der Waals surface area contributed by atoms with Gasteiger partial charge in [0.2, 0.25) is 0 Å². The van der Waals surface area contributed by atoms with E-state index in [-0.39, 0.29) is 31.0 Å². The Balaban J connectivity index is 1.99. The Morgan fingerprint density at radius 2 is 1.19 bits per heavy atom. The first-order valence-corrected chi connectivity index (χ1v) is 14.5. The zero-order chi connectivity index (χ0) is 30.6. The summed E-state index contributed by atoms with van der Waals surface area (Å²) in [7, 11) is 3.12. The molecule has 0 radical (unpaired) electrons. The van der Waals surface area contributed by atoms with Gasteiger partial charge in [-0.2, -0.15) is 0 Å². The highest BCUT2D eigenvalue weighted by atomic mass is 16.7. The number of rotatable bonds is 14. The van der Waals surface area contributed by atoms with Crippen molar-refractivity contribution < 1.29 is 33.3 Å². The molecule has 42 heavy (non-hydrogen) atoms. The fourth-order valence-corrected chi connectivity index (χ4v) is 5.49. The topological polar surface area (TPSA) is 86.8 Å². The van der Waals surface area contributed by atoms with E-state index in [2.05, 4.69) is 0 Å². The summed E-state index contributed by atoms with van der Waals surface area (Å²) in [6.07, 6.45) is -0.912. The van der Waals surface area contributed by atoms with E-state index in [0.29, 0.717) is 59.4 Å². The minimum atomic E-state index is -0.653. The summed E-state index contributed by atoms with van der Waals surface area (Å²) in [4.78, 5) is 32.2. The van der Waals surface area contributed by atoms with Crippen LogP contribution in [0.4, 0.5) is 0 Å². The summed E-state index contributed by atoms with van der Waals surface area (Å²) < 4.78 is 28.5. The lowest BCUT2D eigenvalue weighted by atomic mass is 9.99. The molecule has 0 aromatic heterocycles. The fraction of sp³-hybridized carbons (Fsp3) is 0.455. The normalized spacial score (nSPS) is 15.8. The molecule has 0 saturated heterocycles. The van der Waals surface area contributed by atoms with Crippen LogP contribution < -0.4 is 9.47 Å². The molecule has 226 valence electrons. The van der Waals surface area contributed by atoms with Gasteiger partial charge in [-0.15, -0.1) is 0 Å². The number of benzene rings is 2. The first-order chi connectivity index (χ1) is 20.2. The Hall–Kier alpha value is -3.66. The van der Waals surface area contributed by atoms with Crippen LogP contribution >= 0.6 is 0 Å². The molecule has 9 nitrogen and oxygen atoms in total. The molecule has 0 aliphatic carbocycles. The molecule has 2 amide bonds. The van der Waals surface area contributed by atoms with Crippen molar-refractivity contribution in [3.63, 3.8) is 0 Å². The van der Waals surface area contributed by atoms with E-state index in [0.717, 1.165) is 16.7 Å². The number of carbonyl (C=O) groups is 2. The SMILES string of the molecule is CCOC(C)CN1C(=O)C2=C(c3ccc(C)c(C)c3)N(CC(OCC)OCC)C(=O)C2=C1c1ccc(OC)c(OC)c1. The molecule has 1 atom stereocenters. The molecular weight excluding hydrogens is 536 g/mol. The largest absolute Gasteiger partial charge is 0.493 e. The molecule has 2 aromatic carbocycles. The lowest BCUT2D eigenvalue weighted by molar-refractivity contribution is -0.150. The van der Waals surface area contributed by atoms with Crippen LogP contribution in [0.3, 0.4) is 0 Å². The van der Waals surface area contributed by atoms with Crippen molar-refractivity contribution in [3.8, 4) is 11.5 Å². The average molecular weight is 579 g/mol. The van der Waals surface area contributed by atoms with Crippen LogP contribution in [0.15, 0.2) is 47.5 Å². The second-order valence-electron chi connectivity index (χ2n) is 10.3. The van der Waals surface area contributed by atoms with Gasteiger partial charge < -0.3 is 33.5 Å². The predicted molar refractivity (Wildman–Crippen MR) is 161 cm³/mol. The number of carbonyl (C=O) groups excluding carboxylic acids is 2. The van der Waals surface area contributed by atoms with Crippen LogP contribution in [0.25, 0.3) is 11.4 Å². The molecule has 2 heterocycles. The Labute approximate surface area is 248 Å². The lowest BCUT2D eigenvalue weighted by Gasteiger charge is -2.29. The standard InChI is InChI=1S/C33H42N2O7/c1-9-40-22(6)18-34-31(24-14-15-25(38-7)26(17-24)39-8)29-28(32(34)36)30(23-13-12-20(4)21(5)16-23)35(33(29)37)19-27(41-10-2)42-11-3/h12-17,22,27H,9-11,18-19H2,1-8H3. The second kappa shape index (κ2) is 13.5. The summed E-state index contributed by atoms with van der Waals surface area (Å²) in [6, 6.07) is 11.4. The fourth-order valence-electron chi connectivity index (χ4n) is 5.49. The van der Waals surface area contributed by atoms with E-state index in [1.165, 1.54) is 0 Å². The number of amides is 2. The van der Waals surface area contributed by atoms with Crippen molar-refractivity contribution in [1.82, 2.24) is 9.80 Å². The molecule has 2 aliphatic rings. The Bertz CT molecular complexity index is 1390. The van der Waals surface area contributed by atoms with Gasteiger partial charge in [0, 0.05) is 25.4 Å². The minimum Gasteiger partial charge on any atom is -0.493 e. The van der Waals surface area contributed by atoms with Crippen LogP contribution in [-0.4, -0.2) is 81.1 Å².